The number of carbonyl (C=O) groups is 3. The van der Waals surface area contributed by atoms with Crippen molar-refractivity contribution >= 4 is 51.7 Å². The molecule has 1 aromatic heterocycles. The van der Waals surface area contributed by atoms with Crippen LogP contribution in [0.4, 0.5) is 5.13 Å². The number of thioether (sulfide) groups is 1. The van der Waals surface area contributed by atoms with Gasteiger partial charge in [-0.15, -0.1) is 23.1 Å². The van der Waals surface area contributed by atoms with Crippen LogP contribution in [0.2, 0.25) is 0 Å². The maximum atomic E-state index is 12.2. The Morgan fingerprint density at radius 1 is 1.50 bits per heavy atom. The number of carboxylic acids is 1. The lowest BCUT2D eigenvalue weighted by Gasteiger charge is -2.48. The number of hydrogen-bond donors (Lipinski definition) is 4. The molecule has 1 fully saturated rings. The zero-order valence-electron chi connectivity index (χ0n) is 11.9. The van der Waals surface area contributed by atoms with Gasteiger partial charge in [-0.05, 0) is 0 Å². The number of oxime groups is 1. The summed E-state index contributed by atoms with van der Waals surface area (Å²) < 4.78 is 0. The fourth-order valence-corrected chi connectivity index (χ4v) is 3.98. The predicted octanol–water partition coefficient (Wildman–Crippen LogP) is -0.728. The number of amides is 2. The molecule has 2 unspecified atom stereocenters. The molecular formula is C12H11N5O5S2. The first-order chi connectivity index (χ1) is 11.4. The van der Waals surface area contributed by atoms with Gasteiger partial charge in [0.25, 0.3) is 11.8 Å². The molecule has 3 rings (SSSR count). The Bertz CT molecular complexity index is 789. The van der Waals surface area contributed by atoms with Gasteiger partial charge in [0.1, 0.15) is 17.4 Å². The van der Waals surface area contributed by atoms with Crippen LogP contribution in [0.1, 0.15) is 5.69 Å². The lowest BCUT2D eigenvalue weighted by atomic mass is 9.95. The number of nitrogen functional groups attached to an aromatic ring is 1. The van der Waals surface area contributed by atoms with Crippen molar-refractivity contribution in [2.45, 2.75) is 12.1 Å². The number of nitrogens with zero attached hydrogens (tertiary/aromatic N) is 3. The standard InChI is InChI=1S/C12H11N5O5S2/c13-12-14-4(1-24-12)7(16-22)9(18)15-8-5-2-23-3-6(11(20)21)17(5)10(8)19/h1,3,5,8,22H,2H2,(H2,13,14)(H,15,18)(H,20,21). The number of nitrogens with one attached hydrogen (secondary N) is 1. The molecule has 0 aromatic carbocycles. The summed E-state index contributed by atoms with van der Waals surface area (Å²) in [6.07, 6.45) is 0. The summed E-state index contributed by atoms with van der Waals surface area (Å²) in [4.78, 5) is 40.5. The molecule has 3 heterocycles. The highest BCUT2D eigenvalue weighted by Crippen LogP contribution is 2.34. The van der Waals surface area contributed by atoms with Crippen molar-refractivity contribution in [3.8, 4) is 0 Å². The highest BCUT2D eigenvalue weighted by molar-refractivity contribution is 8.02. The number of aliphatic carboxylic acids is 1. The third-order valence-electron chi connectivity index (χ3n) is 3.53. The molecule has 2 atom stereocenters. The summed E-state index contributed by atoms with van der Waals surface area (Å²) in [6.45, 7) is 0. The summed E-state index contributed by atoms with van der Waals surface area (Å²) in [5.41, 5.74) is 5.08. The van der Waals surface area contributed by atoms with Gasteiger partial charge in [0.15, 0.2) is 10.8 Å². The highest BCUT2D eigenvalue weighted by atomic mass is 32.2. The monoisotopic (exact) mass is 369 g/mol. The Morgan fingerprint density at radius 3 is 2.83 bits per heavy atom. The van der Waals surface area contributed by atoms with Crippen molar-refractivity contribution in [2.75, 3.05) is 11.5 Å². The molecule has 1 aromatic rings. The molecule has 5 N–H and O–H groups in total. The van der Waals surface area contributed by atoms with Crippen molar-refractivity contribution in [1.29, 1.82) is 0 Å². The molecule has 126 valence electrons. The minimum absolute atomic E-state index is 0.0882. The van der Waals surface area contributed by atoms with E-state index in [0.717, 1.165) is 16.2 Å². The minimum atomic E-state index is -1.21. The van der Waals surface area contributed by atoms with Gasteiger partial charge >= 0.3 is 5.97 Å². The fourth-order valence-electron chi connectivity index (χ4n) is 2.43. The Labute approximate surface area is 143 Å². The molecular weight excluding hydrogens is 358 g/mol. The quantitative estimate of drug-likeness (QED) is 0.234. The summed E-state index contributed by atoms with van der Waals surface area (Å²) in [5, 5.41) is 26.5. The van der Waals surface area contributed by atoms with Gasteiger partial charge < -0.3 is 21.4 Å². The van der Waals surface area contributed by atoms with Gasteiger partial charge in [-0.3, -0.25) is 14.5 Å². The molecule has 0 radical (unpaired) electrons. The molecule has 2 amide bonds. The molecule has 12 heteroatoms. The molecule has 2 aliphatic rings. The molecule has 10 nitrogen and oxygen atoms in total. The number of thiazole rings is 1. The zero-order chi connectivity index (χ0) is 17.4. The third kappa shape index (κ3) is 2.59. The van der Waals surface area contributed by atoms with Crippen molar-refractivity contribution in [3.63, 3.8) is 0 Å². The largest absolute Gasteiger partial charge is 0.477 e. The van der Waals surface area contributed by atoms with Gasteiger partial charge in [-0.25, -0.2) is 9.78 Å². The average Bonchev–Trinajstić information content (AvgIpc) is 2.98. The maximum absolute atomic E-state index is 12.2. The molecule has 1 saturated heterocycles. The zero-order valence-corrected chi connectivity index (χ0v) is 13.5. The maximum Gasteiger partial charge on any atom is 0.353 e. The van der Waals surface area contributed by atoms with Crippen LogP contribution in [0.3, 0.4) is 0 Å². The van der Waals surface area contributed by atoms with Crippen LogP contribution in [0.5, 0.6) is 0 Å². The minimum Gasteiger partial charge on any atom is -0.477 e. The first-order valence-corrected chi connectivity index (χ1v) is 8.49. The van der Waals surface area contributed by atoms with Gasteiger partial charge in [0.05, 0.1) is 6.04 Å². The van der Waals surface area contributed by atoms with Crippen LogP contribution in [-0.4, -0.2) is 61.5 Å². The van der Waals surface area contributed by atoms with Gasteiger partial charge in [-0.2, -0.15) is 0 Å². The number of β-lactam (4-membered cyclic amide) rings is 1. The number of carbonyl (C=O) groups excluding carboxylic acids is 2. The van der Waals surface area contributed by atoms with E-state index in [-0.39, 0.29) is 22.2 Å². The van der Waals surface area contributed by atoms with Crippen molar-refractivity contribution in [3.05, 3.63) is 22.2 Å². The second-order valence-electron chi connectivity index (χ2n) is 4.89. The predicted molar refractivity (Wildman–Crippen MR) is 85.6 cm³/mol. The van der Waals surface area contributed by atoms with Crippen molar-refractivity contribution in [1.82, 2.24) is 15.2 Å². The van der Waals surface area contributed by atoms with E-state index in [4.69, 9.17) is 16.0 Å². The molecule has 24 heavy (non-hydrogen) atoms. The number of aromatic nitrogens is 1. The Morgan fingerprint density at radius 2 is 2.25 bits per heavy atom. The number of fused-ring (bicyclic) bond motifs is 1. The van der Waals surface area contributed by atoms with E-state index in [1.54, 1.807) is 0 Å². The van der Waals surface area contributed by atoms with E-state index in [9.17, 15) is 14.4 Å². The molecule has 2 aliphatic heterocycles. The Hall–Kier alpha value is -2.60. The van der Waals surface area contributed by atoms with E-state index in [1.807, 2.05) is 0 Å². The highest BCUT2D eigenvalue weighted by Gasteiger charge is 2.52. The first-order valence-electron chi connectivity index (χ1n) is 6.56. The first kappa shape index (κ1) is 16.3. The second kappa shape index (κ2) is 6.13. The van der Waals surface area contributed by atoms with Crippen LogP contribution in [-0.2, 0) is 14.4 Å². The number of rotatable bonds is 4. The Balaban J connectivity index is 1.73. The second-order valence-corrected chi connectivity index (χ2v) is 6.68. The van der Waals surface area contributed by atoms with Crippen LogP contribution < -0.4 is 11.1 Å². The molecule has 0 saturated carbocycles. The van der Waals surface area contributed by atoms with Crippen molar-refractivity contribution < 1.29 is 24.7 Å². The average molecular weight is 369 g/mol. The van der Waals surface area contributed by atoms with Crippen LogP contribution in [0.25, 0.3) is 0 Å². The fraction of sp³-hybridized carbons (Fsp3) is 0.250. The summed E-state index contributed by atoms with van der Waals surface area (Å²) in [7, 11) is 0. The van der Waals surface area contributed by atoms with E-state index in [2.05, 4.69) is 15.5 Å². The Kier molecular flexibility index (Phi) is 4.15. The number of hydrogen-bond acceptors (Lipinski definition) is 9. The molecule has 0 aliphatic carbocycles. The van der Waals surface area contributed by atoms with Crippen LogP contribution >= 0.6 is 23.1 Å². The van der Waals surface area contributed by atoms with Crippen molar-refractivity contribution in [2.24, 2.45) is 5.16 Å². The SMILES string of the molecule is Nc1nc(C(=NO)C(=O)NC2C(=O)N3C(C(=O)O)=CSCC23)cs1. The number of carboxylic acid groups (broad SMARTS) is 1. The van der Waals surface area contributed by atoms with Crippen LogP contribution in [0.15, 0.2) is 21.6 Å². The normalized spacial score (nSPS) is 23.2. The smallest absolute Gasteiger partial charge is 0.353 e. The van der Waals surface area contributed by atoms with Gasteiger partial charge in [0, 0.05) is 16.5 Å². The van der Waals surface area contributed by atoms with Gasteiger partial charge in [-0.1, -0.05) is 5.16 Å². The number of nitrogens with two attached hydrogens (primary N) is 1. The topological polar surface area (TPSA) is 158 Å². The van der Waals surface area contributed by atoms with E-state index >= 15 is 0 Å². The lowest BCUT2D eigenvalue weighted by molar-refractivity contribution is -0.153. The third-order valence-corrected chi connectivity index (χ3v) is 5.12. The van der Waals surface area contributed by atoms with E-state index in [0.29, 0.717) is 5.75 Å². The summed E-state index contributed by atoms with van der Waals surface area (Å²) in [6, 6.07) is -1.36. The summed E-state index contributed by atoms with van der Waals surface area (Å²) >= 11 is 2.32. The van der Waals surface area contributed by atoms with E-state index < -0.39 is 29.9 Å². The number of anilines is 1. The molecule has 0 spiro atoms. The lowest BCUT2D eigenvalue weighted by Crippen LogP contribution is -2.72. The summed E-state index contributed by atoms with van der Waals surface area (Å²) in [5.74, 6) is -2.08. The molecule has 0 bridgehead atoms. The van der Waals surface area contributed by atoms with Crippen LogP contribution in [0, 0.1) is 0 Å². The van der Waals surface area contributed by atoms with E-state index in [1.165, 1.54) is 22.5 Å². The van der Waals surface area contributed by atoms with Gasteiger partial charge in [0.2, 0.25) is 0 Å².